The SMILES string of the molecule is O=C=NCC(Cl)N=C=O. The zero-order valence-electron chi connectivity index (χ0n) is 4.37. The third-order valence-electron chi connectivity index (χ3n) is 0.499. The van der Waals surface area contributed by atoms with Crippen LogP contribution in [0.4, 0.5) is 0 Å². The molecule has 5 heteroatoms. The number of rotatable bonds is 3. The molecule has 0 amide bonds. The third kappa shape index (κ3) is 4.91. The molecule has 0 rings (SSSR count). The van der Waals surface area contributed by atoms with Gasteiger partial charge in [0.1, 0.15) is 0 Å². The second-order valence-electron chi connectivity index (χ2n) is 1.09. The maximum Gasteiger partial charge on any atom is 0.236 e. The van der Waals surface area contributed by atoms with Gasteiger partial charge in [0.25, 0.3) is 0 Å². The monoisotopic (exact) mass is 146 g/mol. The summed E-state index contributed by atoms with van der Waals surface area (Å²) in [6.45, 7) is -0.0275. The Balaban J connectivity index is 3.62. The van der Waals surface area contributed by atoms with Crippen molar-refractivity contribution in [2.75, 3.05) is 6.54 Å². The molecule has 0 aliphatic heterocycles. The summed E-state index contributed by atoms with van der Waals surface area (Å²) in [4.78, 5) is 25.0. The van der Waals surface area contributed by atoms with Crippen LogP contribution in [0.5, 0.6) is 0 Å². The molecule has 0 aliphatic carbocycles. The number of halogens is 1. The van der Waals surface area contributed by atoms with E-state index >= 15 is 0 Å². The van der Waals surface area contributed by atoms with Crippen LogP contribution in [-0.4, -0.2) is 24.2 Å². The summed E-state index contributed by atoms with van der Waals surface area (Å²) in [7, 11) is 0. The molecule has 0 saturated carbocycles. The van der Waals surface area contributed by atoms with Crippen molar-refractivity contribution in [1.29, 1.82) is 0 Å². The average molecular weight is 147 g/mol. The highest BCUT2D eigenvalue weighted by Crippen LogP contribution is 1.94. The molecule has 0 aromatic carbocycles. The quantitative estimate of drug-likeness (QED) is 0.248. The summed E-state index contributed by atoms with van der Waals surface area (Å²) < 4.78 is 0. The highest BCUT2D eigenvalue weighted by molar-refractivity contribution is 6.20. The van der Waals surface area contributed by atoms with Crippen LogP contribution in [0.25, 0.3) is 0 Å². The van der Waals surface area contributed by atoms with Gasteiger partial charge in [-0.15, -0.1) is 0 Å². The highest BCUT2D eigenvalue weighted by Gasteiger charge is 1.96. The minimum absolute atomic E-state index is 0.0275. The first kappa shape index (κ1) is 8.05. The molecule has 48 valence electrons. The predicted molar refractivity (Wildman–Crippen MR) is 30.8 cm³/mol. The summed E-state index contributed by atoms with van der Waals surface area (Å²) in [6, 6.07) is 0. The summed E-state index contributed by atoms with van der Waals surface area (Å²) in [5, 5.41) is 0. The molecule has 4 nitrogen and oxygen atoms in total. The van der Waals surface area contributed by atoms with E-state index in [0.29, 0.717) is 0 Å². The molecule has 0 saturated heterocycles. The highest BCUT2D eigenvalue weighted by atomic mass is 35.5. The van der Waals surface area contributed by atoms with Crippen molar-refractivity contribution in [2.24, 2.45) is 9.98 Å². The first-order chi connectivity index (χ1) is 4.31. The van der Waals surface area contributed by atoms with Crippen LogP contribution in [0.2, 0.25) is 0 Å². The van der Waals surface area contributed by atoms with Gasteiger partial charge in [0, 0.05) is 0 Å². The molecule has 0 spiro atoms. The van der Waals surface area contributed by atoms with Crippen LogP contribution in [0, 0.1) is 0 Å². The van der Waals surface area contributed by atoms with E-state index in [-0.39, 0.29) is 6.54 Å². The Labute approximate surface area is 56.3 Å². The van der Waals surface area contributed by atoms with E-state index in [1.54, 1.807) is 0 Å². The standard InChI is InChI=1S/C4H3ClN2O2/c5-4(7-3-9)1-6-2-8/h4H,1H2. The molecule has 1 atom stereocenters. The Kier molecular flexibility index (Phi) is 4.64. The van der Waals surface area contributed by atoms with Crippen molar-refractivity contribution in [3.63, 3.8) is 0 Å². The largest absolute Gasteiger partial charge is 0.236 e. The van der Waals surface area contributed by atoms with Gasteiger partial charge in [-0.1, -0.05) is 11.6 Å². The molecule has 0 heterocycles. The van der Waals surface area contributed by atoms with Gasteiger partial charge in [-0.2, -0.15) is 4.99 Å². The number of aliphatic imine (C=N–C) groups is 2. The second-order valence-corrected chi connectivity index (χ2v) is 1.59. The lowest BCUT2D eigenvalue weighted by molar-refractivity contribution is 0.558. The number of hydrogen-bond acceptors (Lipinski definition) is 4. The van der Waals surface area contributed by atoms with Gasteiger partial charge < -0.3 is 0 Å². The second kappa shape index (κ2) is 5.19. The molecule has 0 aromatic rings. The molecule has 0 aromatic heterocycles. The van der Waals surface area contributed by atoms with Crippen LogP contribution in [-0.2, 0) is 9.59 Å². The van der Waals surface area contributed by atoms with E-state index in [2.05, 4.69) is 9.98 Å². The molecule has 0 bridgehead atoms. The molecule has 1 unspecified atom stereocenters. The Morgan fingerprint density at radius 3 is 2.56 bits per heavy atom. The van der Waals surface area contributed by atoms with Crippen LogP contribution in [0.1, 0.15) is 0 Å². The first-order valence-electron chi connectivity index (χ1n) is 2.06. The lowest BCUT2D eigenvalue weighted by Crippen LogP contribution is -1.97. The maximum absolute atomic E-state index is 9.46. The van der Waals surface area contributed by atoms with Crippen molar-refractivity contribution >= 4 is 23.8 Å². The number of isocyanates is 2. The smallest absolute Gasteiger partial charge is 0.211 e. The van der Waals surface area contributed by atoms with Crippen LogP contribution < -0.4 is 0 Å². The molecular weight excluding hydrogens is 144 g/mol. The molecule has 0 radical (unpaired) electrons. The first-order valence-corrected chi connectivity index (χ1v) is 2.49. The van der Waals surface area contributed by atoms with Gasteiger partial charge in [0.2, 0.25) is 12.2 Å². The fourth-order valence-corrected chi connectivity index (χ4v) is 0.319. The van der Waals surface area contributed by atoms with Gasteiger partial charge >= 0.3 is 0 Å². The fourth-order valence-electron chi connectivity index (χ4n) is 0.211. The summed E-state index contributed by atoms with van der Waals surface area (Å²) in [5.74, 6) is 0. The lowest BCUT2D eigenvalue weighted by Gasteiger charge is -1.89. The van der Waals surface area contributed by atoms with Crippen LogP contribution in [0.3, 0.4) is 0 Å². The minimum Gasteiger partial charge on any atom is -0.211 e. The Hall–Kier alpha value is -0.950. The van der Waals surface area contributed by atoms with Gasteiger partial charge in [-0.25, -0.2) is 14.6 Å². The zero-order valence-corrected chi connectivity index (χ0v) is 5.13. The number of alkyl halides is 1. The Bertz CT molecular complexity index is 169. The molecule has 0 fully saturated rings. The van der Waals surface area contributed by atoms with Gasteiger partial charge in [0.05, 0.1) is 6.54 Å². The molecular formula is C4H3ClN2O2. The van der Waals surface area contributed by atoms with E-state index in [0.717, 1.165) is 0 Å². The Morgan fingerprint density at radius 1 is 1.44 bits per heavy atom. The molecule has 9 heavy (non-hydrogen) atoms. The lowest BCUT2D eigenvalue weighted by atomic mass is 10.7. The van der Waals surface area contributed by atoms with Crippen LogP contribution in [0.15, 0.2) is 9.98 Å². The van der Waals surface area contributed by atoms with Gasteiger partial charge in [-0.3, -0.25) is 0 Å². The fraction of sp³-hybridized carbons (Fsp3) is 0.500. The summed E-state index contributed by atoms with van der Waals surface area (Å²) in [6.07, 6.45) is 2.49. The number of hydrogen-bond donors (Lipinski definition) is 0. The molecule has 0 aliphatic rings. The number of nitrogens with zero attached hydrogens (tertiary/aromatic N) is 2. The van der Waals surface area contributed by atoms with E-state index in [1.165, 1.54) is 12.2 Å². The van der Waals surface area contributed by atoms with E-state index < -0.39 is 5.50 Å². The normalized spacial score (nSPS) is 10.8. The van der Waals surface area contributed by atoms with E-state index in [9.17, 15) is 9.59 Å². The predicted octanol–water partition coefficient (Wildman–Crippen LogP) is 0.223. The zero-order chi connectivity index (χ0) is 7.11. The van der Waals surface area contributed by atoms with Crippen LogP contribution >= 0.6 is 11.6 Å². The minimum atomic E-state index is -0.788. The van der Waals surface area contributed by atoms with Crippen molar-refractivity contribution in [1.82, 2.24) is 0 Å². The Morgan fingerprint density at radius 2 is 2.11 bits per heavy atom. The van der Waals surface area contributed by atoms with Crippen molar-refractivity contribution in [2.45, 2.75) is 5.50 Å². The third-order valence-corrected chi connectivity index (χ3v) is 0.735. The number of carbonyl (C=O) groups excluding carboxylic acids is 2. The maximum atomic E-state index is 9.46. The topological polar surface area (TPSA) is 58.9 Å². The summed E-state index contributed by atoms with van der Waals surface area (Å²) >= 11 is 5.26. The van der Waals surface area contributed by atoms with Crippen molar-refractivity contribution in [3.8, 4) is 0 Å². The van der Waals surface area contributed by atoms with Crippen molar-refractivity contribution < 1.29 is 9.59 Å². The average Bonchev–Trinajstić information content (AvgIpc) is 1.85. The van der Waals surface area contributed by atoms with Gasteiger partial charge in [-0.05, 0) is 0 Å². The van der Waals surface area contributed by atoms with E-state index in [4.69, 9.17) is 11.6 Å². The molecule has 0 N–H and O–H groups in total. The van der Waals surface area contributed by atoms with Gasteiger partial charge in [0.15, 0.2) is 5.50 Å². The van der Waals surface area contributed by atoms with E-state index in [1.807, 2.05) is 0 Å². The van der Waals surface area contributed by atoms with Crippen molar-refractivity contribution in [3.05, 3.63) is 0 Å². The summed E-state index contributed by atoms with van der Waals surface area (Å²) in [5.41, 5.74) is -0.788.